The number of benzene rings is 1. The topological polar surface area (TPSA) is 98.8 Å². The van der Waals surface area contributed by atoms with Gasteiger partial charge in [0.1, 0.15) is 11.5 Å². The molecule has 2 rings (SSSR count). The molecule has 144 valence electrons. The van der Waals surface area contributed by atoms with E-state index >= 15 is 0 Å². The first kappa shape index (κ1) is 20.0. The van der Waals surface area contributed by atoms with E-state index in [0.29, 0.717) is 23.5 Å². The highest BCUT2D eigenvalue weighted by Crippen LogP contribution is 2.24. The Kier molecular flexibility index (Phi) is 7.90. The zero-order valence-electron chi connectivity index (χ0n) is 15.4. The van der Waals surface area contributed by atoms with E-state index in [1.54, 1.807) is 37.7 Å². The second-order valence-electron chi connectivity index (χ2n) is 5.63. The second-order valence-corrected chi connectivity index (χ2v) is 5.63. The highest BCUT2D eigenvalue weighted by Gasteiger charge is 2.11. The maximum Gasteiger partial charge on any atom is 0.426 e. The first-order chi connectivity index (χ1) is 13.1. The average Bonchev–Trinajstić information content (AvgIpc) is 2.70. The van der Waals surface area contributed by atoms with Gasteiger partial charge in [-0.1, -0.05) is 12.1 Å². The number of carbonyl (C=O) groups excluding carboxylic acids is 2. The van der Waals surface area contributed by atoms with Gasteiger partial charge in [-0.2, -0.15) is 0 Å². The summed E-state index contributed by atoms with van der Waals surface area (Å²) in [5, 5.41) is 0. The molecule has 0 spiro atoms. The molecule has 1 aromatic heterocycles. The van der Waals surface area contributed by atoms with Crippen LogP contribution in [0.3, 0.4) is 0 Å². The molecule has 2 N–H and O–H groups in total. The van der Waals surface area contributed by atoms with Gasteiger partial charge in [-0.3, -0.25) is 15.2 Å². The molecular weight excluding hydrogens is 350 g/mol. The van der Waals surface area contributed by atoms with Crippen LogP contribution in [0.15, 0.2) is 42.7 Å². The fraction of sp³-hybridized carbons (Fsp3) is 0.316. The number of methoxy groups -OCH3 is 2. The maximum atomic E-state index is 12.0. The molecule has 0 radical (unpaired) electrons. The number of aryl methyl sites for hydroxylation is 1. The van der Waals surface area contributed by atoms with Crippen molar-refractivity contribution in [1.82, 2.24) is 15.8 Å². The smallest absolute Gasteiger partial charge is 0.426 e. The van der Waals surface area contributed by atoms with Gasteiger partial charge in [-0.25, -0.2) is 10.2 Å². The Morgan fingerprint density at radius 1 is 1.11 bits per heavy atom. The van der Waals surface area contributed by atoms with Crippen LogP contribution in [0.1, 0.15) is 17.5 Å². The van der Waals surface area contributed by atoms with Crippen LogP contribution >= 0.6 is 0 Å². The van der Waals surface area contributed by atoms with Gasteiger partial charge < -0.3 is 14.2 Å². The number of nitrogens with one attached hydrogen (secondary N) is 2. The Balaban J connectivity index is 1.68. The Labute approximate surface area is 157 Å². The minimum Gasteiger partial charge on any atom is -0.497 e. The van der Waals surface area contributed by atoms with Crippen molar-refractivity contribution < 1.29 is 23.8 Å². The van der Waals surface area contributed by atoms with Gasteiger partial charge in [0.15, 0.2) is 0 Å². The minimum atomic E-state index is -0.712. The number of aromatic nitrogens is 1. The van der Waals surface area contributed by atoms with E-state index in [-0.39, 0.29) is 13.0 Å². The first-order valence-corrected chi connectivity index (χ1v) is 8.43. The molecule has 0 aliphatic carbocycles. The summed E-state index contributed by atoms with van der Waals surface area (Å²) in [5.41, 5.74) is 6.27. The lowest BCUT2D eigenvalue weighted by molar-refractivity contribution is -0.121. The number of hydrazine groups is 1. The van der Waals surface area contributed by atoms with Gasteiger partial charge in [-0.15, -0.1) is 0 Å². The zero-order valence-corrected chi connectivity index (χ0v) is 15.4. The normalized spacial score (nSPS) is 10.0. The molecule has 2 aromatic rings. The number of rotatable bonds is 8. The van der Waals surface area contributed by atoms with E-state index in [1.165, 1.54) is 7.11 Å². The quantitative estimate of drug-likeness (QED) is 0.543. The third kappa shape index (κ3) is 6.85. The lowest BCUT2D eigenvalue weighted by Crippen LogP contribution is -2.42. The van der Waals surface area contributed by atoms with Crippen LogP contribution in [0.4, 0.5) is 4.79 Å². The number of ether oxygens (including phenoxy) is 3. The number of amides is 2. The van der Waals surface area contributed by atoms with Crippen molar-refractivity contribution in [2.75, 3.05) is 20.8 Å². The molecular formula is C19H23N3O5. The monoisotopic (exact) mass is 373 g/mol. The van der Waals surface area contributed by atoms with Gasteiger partial charge in [-0.05, 0) is 30.5 Å². The van der Waals surface area contributed by atoms with E-state index in [0.717, 1.165) is 12.0 Å². The second kappa shape index (κ2) is 10.6. The Hall–Kier alpha value is -3.29. The molecule has 0 fully saturated rings. The average molecular weight is 373 g/mol. The fourth-order valence-corrected chi connectivity index (χ4v) is 2.36. The van der Waals surface area contributed by atoms with E-state index < -0.39 is 12.0 Å². The zero-order chi connectivity index (χ0) is 19.5. The van der Waals surface area contributed by atoms with Crippen LogP contribution in [-0.4, -0.2) is 37.8 Å². The molecule has 8 nitrogen and oxygen atoms in total. The van der Waals surface area contributed by atoms with Gasteiger partial charge in [0.25, 0.3) is 0 Å². The van der Waals surface area contributed by atoms with E-state index in [2.05, 4.69) is 15.8 Å². The van der Waals surface area contributed by atoms with Crippen molar-refractivity contribution in [3.05, 3.63) is 53.9 Å². The number of nitrogens with zero attached hydrogens (tertiary/aromatic N) is 1. The summed E-state index contributed by atoms with van der Waals surface area (Å²) in [6.45, 7) is 0.239. The summed E-state index contributed by atoms with van der Waals surface area (Å²) in [5.74, 6) is 0.761. The Morgan fingerprint density at radius 3 is 2.67 bits per heavy atom. The Bertz CT molecular complexity index is 752. The minimum absolute atomic E-state index is 0.0362. The lowest BCUT2D eigenvalue weighted by Gasteiger charge is -2.11. The van der Waals surface area contributed by atoms with Crippen LogP contribution in [0.25, 0.3) is 0 Å². The van der Waals surface area contributed by atoms with E-state index in [4.69, 9.17) is 14.2 Å². The summed E-state index contributed by atoms with van der Waals surface area (Å²) in [6.07, 6.45) is 4.22. The third-order valence-electron chi connectivity index (χ3n) is 3.71. The Morgan fingerprint density at radius 2 is 1.96 bits per heavy atom. The van der Waals surface area contributed by atoms with Crippen LogP contribution in [0, 0.1) is 0 Å². The molecule has 8 heteroatoms. The molecule has 0 unspecified atom stereocenters. The predicted octanol–water partition coefficient (Wildman–Crippen LogP) is 2.03. The fourth-order valence-electron chi connectivity index (χ4n) is 2.36. The number of hydrogen-bond acceptors (Lipinski definition) is 6. The standard InChI is InChI=1S/C19H23N3O5/c1-25-16-8-7-15(17(12-16)26-2)11-18(23)21-22-19(24)27-10-4-6-14-5-3-9-20-13-14/h3,5,7-9,12-13H,4,6,10-11H2,1-2H3,(H,21,23)(H,22,24). The molecule has 0 bridgehead atoms. The van der Waals surface area contributed by atoms with Crippen molar-refractivity contribution in [1.29, 1.82) is 0 Å². The molecule has 27 heavy (non-hydrogen) atoms. The highest BCUT2D eigenvalue weighted by molar-refractivity contribution is 5.81. The summed E-state index contributed by atoms with van der Waals surface area (Å²) in [7, 11) is 3.06. The van der Waals surface area contributed by atoms with Crippen LogP contribution in [0.2, 0.25) is 0 Å². The van der Waals surface area contributed by atoms with Crippen molar-refractivity contribution in [2.45, 2.75) is 19.3 Å². The number of hydrogen-bond donors (Lipinski definition) is 2. The van der Waals surface area contributed by atoms with Gasteiger partial charge >= 0.3 is 6.09 Å². The van der Waals surface area contributed by atoms with E-state index in [9.17, 15) is 9.59 Å². The highest BCUT2D eigenvalue weighted by atomic mass is 16.6. The van der Waals surface area contributed by atoms with Crippen LogP contribution in [-0.2, 0) is 22.4 Å². The van der Waals surface area contributed by atoms with Crippen molar-refractivity contribution in [3.8, 4) is 11.5 Å². The molecule has 0 atom stereocenters. The van der Waals surface area contributed by atoms with Gasteiger partial charge in [0.05, 0.1) is 27.2 Å². The lowest BCUT2D eigenvalue weighted by atomic mass is 10.1. The van der Waals surface area contributed by atoms with Crippen LogP contribution in [0.5, 0.6) is 11.5 Å². The molecule has 0 aliphatic heterocycles. The van der Waals surface area contributed by atoms with Gasteiger partial charge in [0, 0.05) is 24.0 Å². The summed E-state index contributed by atoms with van der Waals surface area (Å²) in [4.78, 5) is 27.6. The van der Waals surface area contributed by atoms with Crippen molar-refractivity contribution >= 4 is 12.0 Å². The number of pyridine rings is 1. The summed E-state index contributed by atoms with van der Waals surface area (Å²) >= 11 is 0. The summed E-state index contributed by atoms with van der Waals surface area (Å²) < 4.78 is 15.4. The van der Waals surface area contributed by atoms with Crippen molar-refractivity contribution in [2.24, 2.45) is 0 Å². The van der Waals surface area contributed by atoms with E-state index in [1.807, 2.05) is 12.1 Å². The van der Waals surface area contributed by atoms with Gasteiger partial charge in [0.2, 0.25) is 5.91 Å². The molecule has 0 saturated carbocycles. The molecule has 2 amide bonds. The summed E-state index contributed by atoms with van der Waals surface area (Å²) in [6, 6.07) is 8.96. The molecule has 1 heterocycles. The predicted molar refractivity (Wildman–Crippen MR) is 98.4 cm³/mol. The maximum absolute atomic E-state index is 12.0. The number of carbonyl (C=O) groups is 2. The molecule has 1 aromatic carbocycles. The SMILES string of the molecule is COc1ccc(CC(=O)NNC(=O)OCCCc2cccnc2)c(OC)c1. The largest absolute Gasteiger partial charge is 0.497 e. The van der Waals surface area contributed by atoms with Crippen molar-refractivity contribution in [3.63, 3.8) is 0 Å². The molecule has 0 aliphatic rings. The van der Waals surface area contributed by atoms with Crippen LogP contribution < -0.4 is 20.3 Å². The molecule has 0 saturated heterocycles. The first-order valence-electron chi connectivity index (χ1n) is 8.43. The third-order valence-corrected chi connectivity index (χ3v) is 3.71.